The van der Waals surface area contributed by atoms with Gasteiger partial charge >= 0.3 is 0 Å². The van der Waals surface area contributed by atoms with Gasteiger partial charge in [-0.25, -0.2) is 0 Å². The molecule has 0 aliphatic carbocycles. The second-order valence-electron chi connectivity index (χ2n) is 7.93. The zero-order valence-electron chi connectivity index (χ0n) is 17.0. The van der Waals surface area contributed by atoms with Crippen LogP contribution >= 0.6 is 0 Å². The molecule has 152 valence electrons. The van der Waals surface area contributed by atoms with Gasteiger partial charge in [0.1, 0.15) is 0 Å². The van der Waals surface area contributed by atoms with Crippen molar-refractivity contribution >= 4 is 16.6 Å². The summed E-state index contributed by atoms with van der Waals surface area (Å²) in [5.74, 6) is 0.0467. The molecule has 30 heavy (non-hydrogen) atoms. The van der Waals surface area contributed by atoms with E-state index >= 15 is 0 Å². The maximum absolute atomic E-state index is 12.8. The summed E-state index contributed by atoms with van der Waals surface area (Å²) < 4.78 is 3.74. The molecule has 0 spiro atoms. The Morgan fingerprint density at radius 1 is 1.03 bits per heavy atom. The van der Waals surface area contributed by atoms with Crippen molar-refractivity contribution in [1.82, 2.24) is 29.9 Å². The Morgan fingerprint density at radius 3 is 2.70 bits per heavy atom. The van der Waals surface area contributed by atoms with Crippen molar-refractivity contribution in [3.63, 3.8) is 0 Å². The highest BCUT2D eigenvalue weighted by molar-refractivity contribution is 5.97. The first-order chi connectivity index (χ1) is 14.7. The molecule has 0 bridgehead atoms. The van der Waals surface area contributed by atoms with Crippen LogP contribution in [0.5, 0.6) is 0 Å². The Labute approximate surface area is 174 Å². The number of piperidine rings is 1. The number of nitrogens with one attached hydrogen (secondary N) is 1. The Morgan fingerprint density at radius 2 is 1.90 bits per heavy atom. The molecule has 5 rings (SSSR count). The Balaban J connectivity index is 1.35. The van der Waals surface area contributed by atoms with E-state index in [1.54, 1.807) is 10.9 Å². The van der Waals surface area contributed by atoms with Gasteiger partial charge in [0, 0.05) is 42.3 Å². The first-order valence-corrected chi connectivity index (χ1v) is 10.3. The average Bonchev–Trinajstić information content (AvgIpc) is 3.43. The SMILES string of the molecule is Cn1cc(-c2ccc3cnc(CC(=O)c4cnn(C5CCNCC5)c4)cc3c2)cn1. The normalized spacial score (nSPS) is 15.0. The van der Waals surface area contributed by atoms with Crippen LogP contribution in [-0.4, -0.2) is 43.4 Å². The molecule has 4 aromatic rings. The van der Waals surface area contributed by atoms with E-state index in [-0.39, 0.29) is 12.2 Å². The van der Waals surface area contributed by atoms with Crippen LogP contribution in [0.1, 0.15) is 34.9 Å². The van der Waals surface area contributed by atoms with Gasteiger partial charge < -0.3 is 5.32 Å². The zero-order valence-corrected chi connectivity index (χ0v) is 17.0. The number of carbonyl (C=O) groups excluding carboxylic acids is 1. The van der Waals surface area contributed by atoms with Crippen LogP contribution in [0.25, 0.3) is 21.9 Å². The predicted molar refractivity (Wildman–Crippen MR) is 115 cm³/mol. The number of aromatic nitrogens is 5. The number of ketones is 1. The minimum atomic E-state index is 0.0467. The zero-order chi connectivity index (χ0) is 20.5. The summed E-state index contributed by atoms with van der Waals surface area (Å²) in [6.07, 6.45) is 11.6. The van der Waals surface area contributed by atoms with Crippen molar-refractivity contribution in [1.29, 1.82) is 0 Å². The number of benzene rings is 1. The van der Waals surface area contributed by atoms with E-state index in [0.717, 1.165) is 53.5 Å². The van der Waals surface area contributed by atoms with E-state index in [9.17, 15) is 4.79 Å². The predicted octanol–water partition coefficient (Wildman–Crippen LogP) is 3.18. The minimum absolute atomic E-state index is 0.0467. The Hall–Kier alpha value is -3.32. The van der Waals surface area contributed by atoms with Crippen molar-refractivity contribution in [3.8, 4) is 11.1 Å². The van der Waals surface area contributed by atoms with Gasteiger partial charge in [0.2, 0.25) is 0 Å². The van der Waals surface area contributed by atoms with Crippen LogP contribution in [0.4, 0.5) is 0 Å². The van der Waals surface area contributed by atoms with Crippen LogP contribution in [0.2, 0.25) is 0 Å². The molecule has 0 amide bonds. The van der Waals surface area contributed by atoms with Gasteiger partial charge in [0.15, 0.2) is 5.78 Å². The minimum Gasteiger partial charge on any atom is -0.317 e. The molecule has 1 N–H and O–H groups in total. The first kappa shape index (κ1) is 18.7. The standard InChI is InChI=1S/C23H24N6O/c1-28-14-19(12-26-28)16-2-3-17-11-25-21(9-18(17)8-16)10-23(30)20-13-27-29(15-20)22-4-6-24-7-5-22/h2-3,8-9,11-15,22,24H,4-7,10H2,1H3. The fourth-order valence-corrected chi connectivity index (χ4v) is 4.05. The lowest BCUT2D eigenvalue weighted by molar-refractivity contribution is 0.0992. The van der Waals surface area contributed by atoms with E-state index < -0.39 is 0 Å². The van der Waals surface area contributed by atoms with Crippen LogP contribution in [-0.2, 0) is 13.5 Å². The number of Topliss-reactive ketones (excluding diaryl/α,β-unsaturated/α-hetero) is 1. The summed E-state index contributed by atoms with van der Waals surface area (Å²) in [5.41, 5.74) is 3.59. The lowest BCUT2D eigenvalue weighted by Gasteiger charge is -2.22. The topological polar surface area (TPSA) is 77.6 Å². The largest absolute Gasteiger partial charge is 0.317 e. The molecule has 0 radical (unpaired) electrons. The summed E-state index contributed by atoms with van der Waals surface area (Å²) in [6.45, 7) is 1.99. The van der Waals surface area contributed by atoms with Crippen LogP contribution in [0.15, 0.2) is 55.2 Å². The van der Waals surface area contributed by atoms with Crippen LogP contribution in [0, 0.1) is 0 Å². The molecule has 3 aromatic heterocycles. The first-order valence-electron chi connectivity index (χ1n) is 10.3. The molecule has 1 aliphatic rings. The molecule has 1 saturated heterocycles. The molecule has 7 heteroatoms. The second kappa shape index (κ2) is 7.84. The number of aryl methyl sites for hydroxylation is 1. The van der Waals surface area contributed by atoms with E-state index in [1.165, 1.54) is 0 Å². The fraction of sp³-hybridized carbons (Fsp3) is 0.304. The summed E-state index contributed by atoms with van der Waals surface area (Å²) in [7, 11) is 1.91. The quantitative estimate of drug-likeness (QED) is 0.521. The van der Waals surface area contributed by atoms with Gasteiger partial charge in [-0.15, -0.1) is 0 Å². The number of carbonyl (C=O) groups is 1. The molecular formula is C23H24N6O. The number of nitrogens with zero attached hydrogens (tertiary/aromatic N) is 5. The van der Waals surface area contributed by atoms with Crippen molar-refractivity contribution in [2.75, 3.05) is 13.1 Å². The van der Waals surface area contributed by atoms with Gasteiger partial charge in [-0.05, 0) is 49.0 Å². The molecule has 1 aromatic carbocycles. The molecule has 1 fully saturated rings. The summed E-state index contributed by atoms with van der Waals surface area (Å²) in [6, 6.07) is 8.62. The van der Waals surface area contributed by atoms with Gasteiger partial charge in [0.05, 0.1) is 30.4 Å². The van der Waals surface area contributed by atoms with E-state index in [2.05, 4.69) is 38.7 Å². The number of rotatable bonds is 5. The lowest BCUT2D eigenvalue weighted by Crippen LogP contribution is -2.29. The third-order valence-electron chi connectivity index (χ3n) is 5.76. The molecule has 4 heterocycles. The Bertz CT molecular complexity index is 1200. The highest BCUT2D eigenvalue weighted by Crippen LogP contribution is 2.24. The van der Waals surface area contributed by atoms with Crippen molar-refractivity contribution in [2.24, 2.45) is 7.05 Å². The van der Waals surface area contributed by atoms with Gasteiger partial charge in [-0.1, -0.05) is 12.1 Å². The number of hydrogen-bond acceptors (Lipinski definition) is 5. The van der Waals surface area contributed by atoms with Crippen molar-refractivity contribution in [2.45, 2.75) is 25.3 Å². The second-order valence-corrected chi connectivity index (χ2v) is 7.93. The molecule has 0 atom stereocenters. The van der Waals surface area contributed by atoms with Gasteiger partial charge in [0.25, 0.3) is 0 Å². The lowest BCUT2D eigenvalue weighted by atomic mass is 10.0. The molecular weight excluding hydrogens is 376 g/mol. The highest BCUT2D eigenvalue weighted by Gasteiger charge is 2.18. The van der Waals surface area contributed by atoms with Crippen molar-refractivity contribution in [3.05, 3.63) is 66.5 Å². The third kappa shape index (κ3) is 3.76. The number of fused-ring (bicyclic) bond motifs is 1. The van der Waals surface area contributed by atoms with E-state index in [4.69, 9.17) is 0 Å². The molecule has 1 aliphatic heterocycles. The molecule has 7 nitrogen and oxygen atoms in total. The Kier molecular flexibility index (Phi) is 4.88. The van der Waals surface area contributed by atoms with Gasteiger partial charge in [-0.3, -0.25) is 19.1 Å². The number of pyridine rings is 1. The molecule has 0 unspecified atom stereocenters. The fourth-order valence-electron chi connectivity index (χ4n) is 4.05. The smallest absolute Gasteiger partial charge is 0.171 e. The number of hydrogen-bond donors (Lipinski definition) is 1. The van der Waals surface area contributed by atoms with E-state index in [1.807, 2.05) is 42.6 Å². The monoisotopic (exact) mass is 400 g/mol. The van der Waals surface area contributed by atoms with E-state index in [0.29, 0.717) is 11.6 Å². The van der Waals surface area contributed by atoms with Crippen molar-refractivity contribution < 1.29 is 4.79 Å². The summed E-state index contributed by atoms with van der Waals surface area (Å²) >= 11 is 0. The molecule has 0 saturated carbocycles. The van der Waals surface area contributed by atoms with Crippen LogP contribution in [0.3, 0.4) is 0 Å². The summed E-state index contributed by atoms with van der Waals surface area (Å²) in [4.78, 5) is 17.3. The van der Waals surface area contributed by atoms with Crippen LogP contribution < -0.4 is 5.32 Å². The summed E-state index contributed by atoms with van der Waals surface area (Å²) in [5, 5.41) is 14.2. The maximum Gasteiger partial charge on any atom is 0.171 e. The average molecular weight is 400 g/mol. The van der Waals surface area contributed by atoms with Gasteiger partial charge in [-0.2, -0.15) is 10.2 Å². The third-order valence-corrected chi connectivity index (χ3v) is 5.76. The highest BCUT2D eigenvalue weighted by atomic mass is 16.1. The maximum atomic E-state index is 12.8.